The van der Waals surface area contributed by atoms with E-state index in [0.717, 1.165) is 9.87 Å². The first-order valence-electron chi connectivity index (χ1n) is 8.10. The molecule has 1 aromatic carbocycles. The van der Waals surface area contributed by atoms with Gasteiger partial charge >= 0.3 is 0 Å². The van der Waals surface area contributed by atoms with Gasteiger partial charge in [0.25, 0.3) is 10.2 Å². The summed E-state index contributed by atoms with van der Waals surface area (Å²) in [5.74, 6) is -0.451. The molecule has 0 unspecified atom stereocenters. The molecule has 1 saturated heterocycles. The van der Waals surface area contributed by atoms with Crippen LogP contribution in [0.1, 0.15) is 23.7 Å². The zero-order valence-electron chi connectivity index (χ0n) is 14.9. The fourth-order valence-corrected chi connectivity index (χ4v) is 4.64. The van der Waals surface area contributed by atoms with Crippen LogP contribution in [-0.2, 0) is 22.1 Å². The Morgan fingerprint density at radius 2 is 2.00 bits per heavy atom. The summed E-state index contributed by atoms with van der Waals surface area (Å²) in [6.45, 7) is 1.80. The summed E-state index contributed by atoms with van der Waals surface area (Å²) < 4.78 is 30.3. The van der Waals surface area contributed by atoms with Crippen molar-refractivity contribution in [3.8, 4) is 0 Å². The normalized spacial score (nSPS) is 22.6. The standard InChI is InChI=1S/C16H19Cl2N5O3S/c1-9-11(8-22(2)20-9)14-7-15(23(3)27(25,26)21-14)16(24)19-10-4-5-12(17)13(18)6-10/h4-6,8,14-15,21H,7H2,1-3H3,(H,19,24)/t14-,15+/m1/s1. The number of anilines is 1. The second-order valence-electron chi connectivity index (χ2n) is 6.40. The zero-order valence-corrected chi connectivity index (χ0v) is 17.2. The molecule has 2 atom stereocenters. The minimum Gasteiger partial charge on any atom is -0.325 e. The molecule has 11 heteroatoms. The van der Waals surface area contributed by atoms with Gasteiger partial charge in [0.1, 0.15) is 6.04 Å². The average Bonchev–Trinajstić information content (AvgIpc) is 2.91. The molecule has 27 heavy (non-hydrogen) atoms. The molecule has 2 aromatic rings. The van der Waals surface area contributed by atoms with Crippen LogP contribution in [0, 0.1) is 6.92 Å². The van der Waals surface area contributed by atoms with Gasteiger partial charge in [0.05, 0.1) is 21.8 Å². The number of hydrogen-bond acceptors (Lipinski definition) is 4. The lowest BCUT2D eigenvalue weighted by Crippen LogP contribution is -2.56. The first kappa shape index (κ1) is 20.1. The Morgan fingerprint density at radius 1 is 1.30 bits per heavy atom. The molecule has 0 bridgehead atoms. The summed E-state index contributed by atoms with van der Waals surface area (Å²) in [5.41, 5.74) is 1.88. The van der Waals surface area contributed by atoms with Crippen LogP contribution in [0.3, 0.4) is 0 Å². The van der Waals surface area contributed by atoms with Gasteiger partial charge in [-0.05, 0) is 31.5 Å². The highest BCUT2D eigenvalue weighted by molar-refractivity contribution is 7.87. The topological polar surface area (TPSA) is 96.3 Å². The molecule has 1 aliphatic heterocycles. The van der Waals surface area contributed by atoms with Crippen molar-refractivity contribution in [2.24, 2.45) is 7.05 Å². The maximum atomic E-state index is 12.8. The lowest BCUT2D eigenvalue weighted by Gasteiger charge is -2.36. The van der Waals surface area contributed by atoms with Crippen LogP contribution in [0.15, 0.2) is 24.4 Å². The van der Waals surface area contributed by atoms with Gasteiger partial charge < -0.3 is 5.32 Å². The third-order valence-corrected chi connectivity index (χ3v) is 6.82. The fourth-order valence-electron chi connectivity index (χ4n) is 3.07. The highest BCUT2D eigenvalue weighted by Gasteiger charge is 2.41. The zero-order chi connectivity index (χ0) is 19.9. The molecule has 0 radical (unpaired) electrons. The molecule has 2 heterocycles. The Labute approximate surface area is 167 Å². The Balaban J connectivity index is 1.86. The van der Waals surface area contributed by atoms with E-state index in [1.165, 1.54) is 13.1 Å². The number of carbonyl (C=O) groups excluding carboxylic acids is 1. The summed E-state index contributed by atoms with van der Waals surface area (Å²) in [6, 6.07) is 3.23. The third kappa shape index (κ3) is 4.12. The van der Waals surface area contributed by atoms with Crippen LogP contribution in [0.2, 0.25) is 10.0 Å². The average molecular weight is 432 g/mol. The second-order valence-corrected chi connectivity index (χ2v) is 8.98. The molecule has 0 spiro atoms. The minimum absolute atomic E-state index is 0.259. The van der Waals surface area contributed by atoms with E-state index in [2.05, 4.69) is 15.1 Å². The van der Waals surface area contributed by atoms with Gasteiger partial charge in [-0.25, -0.2) is 0 Å². The first-order valence-corrected chi connectivity index (χ1v) is 10.3. The van der Waals surface area contributed by atoms with E-state index < -0.39 is 28.2 Å². The number of rotatable bonds is 3. The van der Waals surface area contributed by atoms with E-state index in [9.17, 15) is 13.2 Å². The van der Waals surface area contributed by atoms with Gasteiger partial charge in [-0.2, -0.15) is 22.5 Å². The SMILES string of the molecule is Cc1nn(C)cc1[C@H]1C[C@@H](C(=O)Nc2ccc(Cl)c(Cl)c2)N(C)S(=O)(=O)N1. The predicted octanol–water partition coefficient (Wildman–Crippen LogP) is 2.25. The number of aryl methyl sites for hydroxylation is 2. The largest absolute Gasteiger partial charge is 0.325 e. The predicted molar refractivity (Wildman–Crippen MR) is 104 cm³/mol. The van der Waals surface area contributed by atoms with Crippen LogP contribution in [0.4, 0.5) is 5.69 Å². The van der Waals surface area contributed by atoms with Crippen LogP contribution in [-0.4, -0.2) is 41.5 Å². The van der Waals surface area contributed by atoms with Gasteiger partial charge in [0.15, 0.2) is 0 Å². The maximum absolute atomic E-state index is 12.8. The van der Waals surface area contributed by atoms with Crippen molar-refractivity contribution < 1.29 is 13.2 Å². The molecule has 1 aromatic heterocycles. The van der Waals surface area contributed by atoms with Crippen molar-refractivity contribution in [2.75, 3.05) is 12.4 Å². The van der Waals surface area contributed by atoms with Crippen molar-refractivity contribution >= 4 is 45.0 Å². The number of amides is 1. The fraction of sp³-hybridized carbons (Fsp3) is 0.375. The van der Waals surface area contributed by atoms with E-state index in [0.29, 0.717) is 21.4 Å². The molecule has 0 aliphatic carbocycles. The lowest BCUT2D eigenvalue weighted by molar-refractivity contribution is -0.120. The van der Waals surface area contributed by atoms with Crippen molar-refractivity contribution in [1.82, 2.24) is 18.8 Å². The van der Waals surface area contributed by atoms with Crippen LogP contribution < -0.4 is 10.0 Å². The number of likely N-dealkylation sites (N-methyl/N-ethyl adjacent to an activating group) is 1. The second kappa shape index (κ2) is 7.40. The van der Waals surface area contributed by atoms with E-state index in [1.807, 2.05) is 0 Å². The first-order chi connectivity index (χ1) is 12.6. The van der Waals surface area contributed by atoms with Crippen molar-refractivity contribution in [2.45, 2.75) is 25.4 Å². The van der Waals surface area contributed by atoms with Gasteiger partial charge in [-0.1, -0.05) is 23.2 Å². The monoisotopic (exact) mass is 431 g/mol. The number of nitrogens with one attached hydrogen (secondary N) is 2. The number of nitrogens with zero attached hydrogens (tertiary/aromatic N) is 3. The number of benzene rings is 1. The Bertz CT molecular complexity index is 992. The van der Waals surface area contributed by atoms with Gasteiger partial charge in [0.2, 0.25) is 5.91 Å². The molecule has 146 valence electrons. The number of hydrogen-bond donors (Lipinski definition) is 2. The van der Waals surface area contributed by atoms with Crippen molar-refractivity contribution in [3.63, 3.8) is 0 Å². The van der Waals surface area contributed by atoms with E-state index in [4.69, 9.17) is 23.2 Å². The Kier molecular flexibility index (Phi) is 5.51. The van der Waals surface area contributed by atoms with Crippen LogP contribution in [0.5, 0.6) is 0 Å². The molecule has 2 N–H and O–H groups in total. The molecule has 1 amide bonds. The molecule has 1 aliphatic rings. The van der Waals surface area contributed by atoms with Crippen molar-refractivity contribution in [3.05, 3.63) is 45.7 Å². The summed E-state index contributed by atoms with van der Waals surface area (Å²) in [6.07, 6.45) is 2.01. The van der Waals surface area contributed by atoms with Gasteiger partial charge in [-0.15, -0.1) is 0 Å². The Hall–Kier alpha value is -1.65. The van der Waals surface area contributed by atoms with Crippen LogP contribution >= 0.6 is 23.2 Å². The number of aromatic nitrogens is 2. The minimum atomic E-state index is -3.83. The summed E-state index contributed by atoms with van der Waals surface area (Å²) in [5, 5.41) is 7.61. The molecule has 3 rings (SSSR count). The van der Waals surface area contributed by atoms with E-state index in [-0.39, 0.29) is 6.42 Å². The number of carbonyl (C=O) groups is 1. The summed E-state index contributed by atoms with van der Waals surface area (Å²) in [7, 11) is -0.702. The lowest BCUT2D eigenvalue weighted by atomic mass is 10.00. The summed E-state index contributed by atoms with van der Waals surface area (Å²) >= 11 is 11.9. The maximum Gasteiger partial charge on any atom is 0.280 e. The smallest absolute Gasteiger partial charge is 0.280 e. The quantitative estimate of drug-likeness (QED) is 0.778. The Morgan fingerprint density at radius 3 is 2.59 bits per heavy atom. The highest BCUT2D eigenvalue weighted by atomic mass is 35.5. The van der Waals surface area contributed by atoms with E-state index in [1.54, 1.807) is 37.0 Å². The van der Waals surface area contributed by atoms with Gasteiger partial charge in [-0.3, -0.25) is 9.48 Å². The van der Waals surface area contributed by atoms with Crippen LogP contribution in [0.25, 0.3) is 0 Å². The van der Waals surface area contributed by atoms with E-state index >= 15 is 0 Å². The highest BCUT2D eigenvalue weighted by Crippen LogP contribution is 2.30. The molecule has 0 saturated carbocycles. The molecular weight excluding hydrogens is 413 g/mol. The molecule has 8 nitrogen and oxygen atoms in total. The third-order valence-electron chi connectivity index (χ3n) is 4.48. The molecular formula is C16H19Cl2N5O3S. The van der Waals surface area contributed by atoms with Crippen molar-refractivity contribution in [1.29, 1.82) is 0 Å². The van der Waals surface area contributed by atoms with Gasteiger partial charge in [0, 0.05) is 31.5 Å². The molecule has 1 fully saturated rings. The number of halogens is 2. The summed E-state index contributed by atoms with van der Waals surface area (Å²) in [4.78, 5) is 12.8.